The van der Waals surface area contributed by atoms with Crippen LogP contribution in [-0.2, 0) is 9.59 Å². The van der Waals surface area contributed by atoms with Crippen molar-refractivity contribution in [3.63, 3.8) is 0 Å². The van der Waals surface area contributed by atoms with Crippen LogP contribution in [0.5, 0.6) is 11.5 Å². The van der Waals surface area contributed by atoms with Crippen LogP contribution in [0.1, 0.15) is 43.9 Å². The number of nitrogens with zero attached hydrogens (tertiary/aromatic N) is 1. The van der Waals surface area contributed by atoms with Gasteiger partial charge in [0.2, 0.25) is 0 Å². The summed E-state index contributed by atoms with van der Waals surface area (Å²) >= 11 is 2.15. The quantitative estimate of drug-likeness (QED) is 0.287. The third kappa shape index (κ3) is 5.55. The lowest BCUT2D eigenvalue weighted by Crippen LogP contribution is -2.54. The van der Waals surface area contributed by atoms with Gasteiger partial charge in [-0.25, -0.2) is 9.69 Å². The number of amides is 4. The maximum absolute atomic E-state index is 13.2. The average molecular weight is 562 g/mol. The highest BCUT2D eigenvalue weighted by molar-refractivity contribution is 14.1. The Balaban J connectivity index is 2.04. The van der Waals surface area contributed by atoms with Crippen molar-refractivity contribution < 1.29 is 23.9 Å². The van der Waals surface area contributed by atoms with E-state index in [2.05, 4.69) is 27.9 Å². The molecule has 33 heavy (non-hydrogen) atoms. The number of halogens is 1. The Hall–Kier alpha value is -2.88. The van der Waals surface area contributed by atoms with Crippen molar-refractivity contribution in [2.75, 3.05) is 11.5 Å². The predicted octanol–water partition coefficient (Wildman–Crippen LogP) is 5.15. The fourth-order valence-corrected chi connectivity index (χ4v) is 4.22. The number of hydrogen-bond donors (Lipinski definition) is 1. The van der Waals surface area contributed by atoms with Crippen molar-refractivity contribution in [1.82, 2.24) is 5.32 Å². The summed E-state index contributed by atoms with van der Waals surface area (Å²) in [6, 6.07) is 8.18. The number of aryl methyl sites for hydroxylation is 2. The van der Waals surface area contributed by atoms with Gasteiger partial charge in [0.05, 0.1) is 22.0 Å². The molecule has 7 nitrogen and oxygen atoms in total. The van der Waals surface area contributed by atoms with Crippen LogP contribution in [0.4, 0.5) is 10.5 Å². The molecular weight excluding hydrogens is 535 g/mol. The van der Waals surface area contributed by atoms with Gasteiger partial charge < -0.3 is 9.47 Å². The van der Waals surface area contributed by atoms with Gasteiger partial charge >= 0.3 is 6.03 Å². The van der Waals surface area contributed by atoms with E-state index in [9.17, 15) is 14.4 Å². The van der Waals surface area contributed by atoms with Crippen LogP contribution in [0.2, 0.25) is 0 Å². The van der Waals surface area contributed by atoms with E-state index in [4.69, 9.17) is 9.47 Å². The largest absolute Gasteiger partial charge is 0.490 e. The summed E-state index contributed by atoms with van der Waals surface area (Å²) in [5, 5.41) is 2.27. The summed E-state index contributed by atoms with van der Waals surface area (Å²) in [5.41, 5.74) is 2.67. The molecule has 8 heteroatoms. The van der Waals surface area contributed by atoms with Gasteiger partial charge in [-0.05, 0) is 104 Å². The van der Waals surface area contributed by atoms with Gasteiger partial charge in [0.15, 0.2) is 11.5 Å². The first kappa shape index (κ1) is 24.8. The number of anilines is 1. The van der Waals surface area contributed by atoms with E-state index >= 15 is 0 Å². The van der Waals surface area contributed by atoms with Crippen LogP contribution in [0.3, 0.4) is 0 Å². The highest BCUT2D eigenvalue weighted by atomic mass is 127. The van der Waals surface area contributed by atoms with Crippen LogP contribution >= 0.6 is 22.6 Å². The summed E-state index contributed by atoms with van der Waals surface area (Å²) in [5.74, 6) is -0.261. The zero-order chi connectivity index (χ0) is 24.3. The number of nitrogens with one attached hydrogen (secondary N) is 1. The molecule has 0 aliphatic carbocycles. The normalized spacial score (nSPS) is 16.1. The number of rotatable bonds is 7. The number of benzene rings is 2. The number of ether oxygens (including phenoxy) is 2. The van der Waals surface area contributed by atoms with Crippen molar-refractivity contribution >= 4 is 52.2 Å². The van der Waals surface area contributed by atoms with E-state index in [0.717, 1.165) is 26.0 Å². The van der Waals surface area contributed by atoms with Gasteiger partial charge in [0, 0.05) is 0 Å². The lowest BCUT2D eigenvalue weighted by Gasteiger charge is -2.27. The van der Waals surface area contributed by atoms with Crippen molar-refractivity contribution in [1.29, 1.82) is 0 Å². The molecule has 0 spiro atoms. The molecule has 174 valence electrons. The Bertz CT molecular complexity index is 1120. The summed E-state index contributed by atoms with van der Waals surface area (Å²) in [7, 11) is 0. The van der Waals surface area contributed by atoms with Crippen LogP contribution in [0.25, 0.3) is 6.08 Å². The standard InChI is InChI=1S/C25H27IN2O5/c1-6-16(5)33-22-20(26)12-17(13-21(22)32-7-2)11-19-23(29)27-25(31)28(24(19)30)18-9-14(3)8-15(4)10-18/h8-13,16H,6-7H2,1-5H3,(H,27,29,31)/b19-11+/t16-/m0/s1. The molecule has 1 N–H and O–H groups in total. The zero-order valence-electron chi connectivity index (χ0n) is 19.3. The second kappa shape index (κ2) is 10.4. The van der Waals surface area contributed by atoms with Crippen molar-refractivity contribution in [3.05, 3.63) is 56.2 Å². The summed E-state index contributed by atoms with van der Waals surface area (Å²) < 4.78 is 12.6. The van der Waals surface area contributed by atoms with E-state index in [0.29, 0.717) is 29.4 Å². The minimum absolute atomic E-state index is 0.00461. The Morgan fingerprint density at radius 1 is 1.06 bits per heavy atom. The minimum atomic E-state index is -0.769. The highest BCUT2D eigenvalue weighted by Gasteiger charge is 2.37. The third-order valence-electron chi connectivity index (χ3n) is 5.10. The number of urea groups is 1. The number of imide groups is 2. The van der Waals surface area contributed by atoms with Crippen LogP contribution in [-0.4, -0.2) is 30.6 Å². The van der Waals surface area contributed by atoms with E-state index in [-0.39, 0.29) is 11.7 Å². The lowest BCUT2D eigenvalue weighted by atomic mass is 10.0. The molecule has 2 aromatic carbocycles. The van der Waals surface area contributed by atoms with Gasteiger partial charge in [0.1, 0.15) is 5.57 Å². The molecule has 0 saturated carbocycles. The first-order valence-electron chi connectivity index (χ1n) is 10.8. The van der Waals surface area contributed by atoms with E-state index in [1.165, 1.54) is 6.08 Å². The van der Waals surface area contributed by atoms with Gasteiger partial charge in [-0.1, -0.05) is 13.0 Å². The molecular formula is C25H27IN2O5. The van der Waals surface area contributed by atoms with E-state index in [1.807, 2.05) is 46.8 Å². The lowest BCUT2D eigenvalue weighted by molar-refractivity contribution is -0.122. The fraction of sp³-hybridized carbons (Fsp3) is 0.320. The summed E-state index contributed by atoms with van der Waals surface area (Å²) in [6.45, 7) is 10.1. The van der Waals surface area contributed by atoms with Gasteiger partial charge in [0.25, 0.3) is 11.8 Å². The minimum Gasteiger partial charge on any atom is -0.490 e. The summed E-state index contributed by atoms with van der Waals surface area (Å²) in [6.07, 6.45) is 2.31. The molecule has 0 radical (unpaired) electrons. The fourth-order valence-electron chi connectivity index (χ4n) is 3.47. The van der Waals surface area contributed by atoms with Crippen molar-refractivity contribution in [2.24, 2.45) is 0 Å². The van der Waals surface area contributed by atoms with Crippen LogP contribution < -0.4 is 19.7 Å². The molecule has 0 unspecified atom stereocenters. The van der Waals surface area contributed by atoms with Crippen molar-refractivity contribution in [3.8, 4) is 11.5 Å². The maximum Gasteiger partial charge on any atom is 0.335 e. The van der Waals surface area contributed by atoms with Gasteiger partial charge in [-0.2, -0.15) is 0 Å². The summed E-state index contributed by atoms with van der Waals surface area (Å²) in [4.78, 5) is 39.3. The Labute approximate surface area is 207 Å². The number of carbonyl (C=O) groups excluding carboxylic acids is 3. The molecule has 1 aliphatic heterocycles. The van der Waals surface area contributed by atoms with Crippen LogP contribution in [0, 0.1) is 17.4 Å². The zero-order valence-corrected chi connectivity index (χ0v) is 21.5. The van der Waals surface area contributed by atoms with Gasteiger partial charge in [-0.3, -0.25) is 14.9 Å². The smallest absolute Gasteiger partial charge is 0.335 e. The number of hydrogen-bond acceptors (Lipinski definition) is 5. The number of carbonyl (C=O) groups is 3. The van der Waals surface area contributed by atoms with E-state index < -0.39 is 17.8 Å². The molecule has 4 amide bonds. The molecule has 1 aliphatic rings. The van der Waals surface area contributed by atoms with Crippen LogP contribution in [0.15, 0.2) is 35.9 Å². The Kier molecular flexibility index (Phi) is 7.78. The topological polar surface area (TPSA) is 84.9 Å². The molecule has 0 bridgehead atoms. The molecule has 1 heterocycles. The molecule has 1 fully saturated rings. The Morgan fingerprint density at radius 3 is 2.33 bits per heavy atom. The predicted molar refractivity (Wildman–Crippen MR) is 136 cm³/mol. The highest BCUT2D eigenvalue weighted by Crippen LogP contribution is 2.36. The molecule has 0 aromatic heterocycles. The molecule has 2 aromatic rings. The third-order valence-corrected chi connectivity index (χ3v) is 5.90. The molecule has 3 rings (SSSR count). The Morgan fingerprint density at radius 2 is 1.73 bits per heavy atom. The number of barbiturate groups is 1. The second-order valence-electron chi connectivity index (χ2n) is 7.90. The van der Waals surface area contributed by atoms with Crippen molar-refractivity contribution in [2.45, 2.75) is 47.1 Å². The maximum atomic E-state index is 13.2. The molecule has 1 atom stereocenters. The van der Waals surface area contributed by atoms with Gasteiger partial charge in [-0.15, -0.1) is 0 Å². The first-order valence-corrected chi connectivity index (χ1v) is 11.8. The molecule has 1 saturated heterocycles. The van der Waals surface area contributed by atoms with E-state index in [1.54, 1.807) is 18.2 Å². The first-order chi connectivity index (χ1) is 15.6. The SMILES string of the molecule is CCOc1cc(/C=C2\C(=O)NC(=O)N(c3cc(C)cc(C)c3)C2=O)cc(I)c1O[C@@H](C)CC. The monoisotopic (exact) mass is 562 g/mol. The second-order valence-corrected chi connectivity index (χ2v) is 9.07. The average Bonchev–Trinajstić information content (AvgIpc) is 2.72.